The van der Waals surface area contributed by atoms with E-state index in [1.165, 1.54) is 26.2 Å². The van der Waals surface area contributed by atoms with E-state index in [1.54, 1.807) is 6.92 Å². The summed E-state index contributed by atoms with van der Waals surface area (Å²) >= 11 is 0. The van der Waals surface area contributed by atoms with Gasteiger partial charge in [0.2, 0.25) is 0 Å². The summed E-state index contributed by atoms with van der Waals surface area (Å²) in [5.74, 6) is -0.930. The molecule has 15 heavy (non-hydrogen) atoms. The van der Waals surface area contributed by atoms with Gasteiger partial charge in [-0.2, -0.15) is 0 Å². The molecule has 0 aliphatic carbocycles. The predicted molar refractivity (Wildman–Crippen MR) is 54.2 cm³/mol. The molecular weight excluding hydrogens is 196 g/mol. The van der Waals surface area contributed by atoms with Crippen LogP contribution in [0.4, 0.5) is 0 Å². The van der Waals surface area contributed by atoms with Crippen LogP contribution < -0.4 is 0 Å². The normalized spacial score (nSPS) is 9.80. The van der Waals surface area contributed by atoms with Crippen LogP contribution in [0.1, 0.15) is 33.2 Å². The molecule has 0 heterocycles. The van der Waals surface area contributed by atoms with Gasteiger partial charge in [-0.1, -0.05) is 0 Å². The van der Waals surface area contributed by atoms with Crippen LogP contribution in [-0.2, 0) is 4.74 Å². The van der Waals surface area contributed by atoms with Gasteiger partial charge in [-0.25, -0.2) is 4.79 Å². The zero-order chi connectivity index (χ0) is 11.6. The van der Waals surface area contributed by atoms with Crippen molar-refractivity contribution >= 4 is 11.8 Å². The second-order valence-corrected chi connectivity index (χ2v) is 3.23. The van der Waals surface area contributed by atoms with E-state index in [9.17, 15) is 14.7 Å². The van der Waals surface area contributed by atoms with Crippen LogP contribution in [0.5, 0.6) is 5.75 Å². The Balaban J connectivity index is 3.36. The Morgan fingerprint density at radius 2 is 1.87 bits per heavy atom. The average Bonchev–Trinajstić information content (AvgIpc) is 2.16. The summed E-state index contributed by atoms with van der Waals surface area (Å²) in [7, 11) is 1.27. The number of hydrogen-bond donors (Lipinski definition) is 1. The van der Waals surface area contributed by atoms with Crippen LogP contribution in [0.3, 0.4) is 0 Å². The van der Waals surface area contributed by atoms with Crippen molar-refractivity contribution in [2.24, 2.45) is 0 Å². The molecule has 0 saturated carbocycles. The summed E-state index contributed by atoms with van der Waals surface area (Å²) in [6.45, 7) is 2.99. The van der Waals surface area contributed by atoms with Crippen molar-refractivity contribution in [1.82, 2.24) is 0 Å². The quantitative estimate of drug-likeness (QED) is 0.593. The first-order valence-corrected chi connectivity index (χ1v) is 4.40. The highest BCUT2D eigenvalue weighted by atomic mass is 16.5. The van der Waals surface area contributed by atoms with E-state index >= 15 is 0 Å². The number of hydrogen-bond acceptors (Lipinski definition) is 4. The average molecular weight is 208 g/mol. The largest absolute Gasteiger partial charge is 0.507 e. The molecule has 0 fully saturated rings. The summed E-state index contributed by atoms with van der Waals surface area (Å²) in [5.41, 5.74) is 0.992. The monoisotopic (exact) mass is 208 g/mol. The van der Waals surface area contributed by atoms with E-state index in [0.29, 0.717) is 11.1 Å². The maximum atomic E-state index is 11.3. The number of phenolic OH excluding ortho intramolecular Hbond substituents is 1. The van der Waals surface area contributed by atoms with E-state index in [1.807, 2.05) is 0 Å². The van der Waals surface area contributed by atoms with Gasteiger partial charge in [0.25, 0.3) is 0 Å². The topological polar surface area (TPSA) is 63.6 Å². The molecule has 1 N–H and O–H groups in total. The lowest BCUT2D eigenvalue weighted by Gasteiger charge is -2.07. The number of rotatable bonds is 2. The molecular formula is C11H12O4. The molecule has 0 radical (unpaired) electrons. The molecule has 0 spiro atoms. The highest BCUT2D eigenvalue weighted by molar-refractivity contribution is 6.00. The van der Waals surface area contributed by atoms with Gasteiger partial charge in [-0.05, 0) is 31.5 Å². The number of aryl methyl sites for hydroxylation is 1. The minimum atomic E-state index is -0.519. The minimum absolute atomic E-state index is 0.118. The molecule has 1 aromatic carbocycles. The van der Waals surface area contributed by atoms with Gasteiger partial charge in [-0.3, -0.25) is 4.79 Å². The summed E-state index contributed by atoms with van der Waals surface area (Å²) in [5, 5.41) is 9.47. The maximum Gasteiger partial charge on any atom is 0.338 e. The van der Waals surface area contributed by atoms with Crippen LogP contribution in [0, 0.1) is 6.92 Å². The van der Waals surface area contributed by atoms with Gasteiger partial charge >= 0.3 is 5.97 Å². The van der Waals surface area contributed by atoms with Gasteiger partial charge in [0.1, 0.15) is 5.75 Å². The highest BCUT2D eigenvalue weighted by Gasteiger charge is 2.15. The number of benzene rings is 1. The third-order valence-corrected chi connectivity index (χ3v) is 2.13. The number of methoxy groups -OCH3 is 1. The van der Waals surface area contributed by atoms with E-state index in [2.05, 4.69) is 4.74 Å². The summed E-state index contributed by atoms with van der Waals surface area (Å²) < 4.78 is 4.56. The Bertz CT molecular complexity index is 421. The Labute approximate surface area is 87.5 Å². The lowest BCUT2D eigenvalue weighted by Crippen LogP contribution is -2.06. The lowest BCUT2D eigenvalue weighted by atomic mass is 10.0. The molecule has 4 heteroatoms. The van der Waals surface area contributed by atoms with E-state index < -0.39 is 5.97 Å². The second kappa shape index (κ2) is 4.13. The first-order chi connectivity index (χ1) is 6.97. The molecule has 0 atom stereocenters. The van der Waals surface area contributed by atoms with Crippen molar-refractivity contribution in [3.8, 4) is 5.75 Å². The van der Waals surface area contributed by atoms with E-state index in [0.717, 1.165) is 0 Å². The SMILES string of the molecule is COC(=O)c1cc(C(C)=O)c(O)cc1C. The zero-order valence-electron chi connectivity index (χ0n) is 8.83. The Morgan fingerprint density at radius 1 is 1.27 bits per heavy atom. The van der Waals surface area contributed by atoms with Crippen LogP contribution in [0.25, 0.3) is 0 Å². The van der Waals surface area contributed by atoms with Crippen molar-refractivity contribution in [2.45, 2.75) is 13.8 Å². The van der Waals surface area contributed by atoms with Crippen molar-refractivity contribution in [2.75, 3.05) is 7.11 Å². The van der Waals surface area contributed by atoms with Gasteiger partial charge in [-0.15, -0.1) is 0 Å². The zero-order valence-corrected chi connectivity index (χ0v) is 8.83. The van der Waals surface area contributed by atoms with Gasteiger partial charge in [0, 0.05) is 0 Å². The first kappa shape index (κ1) is 11.2. The summed E-state index contributed by atoms with van der Waals surface area (Å²) in [4.78, 5) is 22.4. The standard InChI is InChI=1S/C11H12O4/c1-6-4-10(13)9(7(2)12)5-8(6)11(14)15-3/h4-5,13H,1-3H3. The second-order valence-electron chi connectivity index (χ2n) is 3.23. The van der Waals surface area contributed by atoms with Crippen LogP contribution in [-0.4, -0.2) is 24.0 Å². The molecule has 0 aliphatic rings. The third kappa shape index (κ3) is 2.15. The number of ether oxygens (including phenoxy) is 1. The number of carbonyl (C=O) groups is 2. The van der Waals surface area contributed by atoms with E-state index in [4.69, 9.17) is 0 Å². The van der Waals surface area contributed by atoms with Crippen molar-refractivity contribution in [3.63, 3.8) is 0 Å². The van der Waals surface area contributed by atoms with Crippen LogP contribution in [0.15, 0.2) is 12.1 Å². The predicted octanol–water partition coefficient (Wildman–Crippen LogP) is 1.69. The van der Waals surface area contributed by atoms with Crippen LogP contribution >= 0.6 is 0 Å². The number of carbonyl (C=O) groups excluding carboxylic acids is 2. The number of ketones is 1. The molecule has 1 aromatic rings. The van der Waals surface area contributed by atoms with Gasteiger partial charge < -0.3 is 9.84 Å². The highest BCUT2D eigenvalue weighted by Crippen LogP contribution is 2.23. The number of aromatic hydroxyl groups is 1. The van der Waals surface area contributed by atoms with Gasteiger partial charge in [0.15, 0.2) is 5.78 Å². The van der Waals surface area contributed by atoms with Crippen molar-refractivity contribution < 1.29 is 19.4 Å². The molecule has 0 amide bonds. The molecule has 0 aromatic heterocycles. The molecule has 0 unspecified atom stereocenters. The fourth-order valence-corrected chi connectivity index (χ4v) is 1.30. The maximum absolute atomic E-state index is 11.3. The van der Waals surface area contributed by atoms with Crippen molar-refractivity contribution in [1.29, 1.82) is 0 Å². The fraction of sp³-hybridized carbons (Fsp3) is 0.273. The van der Waals surface area contributed by atoms with Crippen LogP contribution in [0.2, 0.25) is 0 Å². The molecule has 80 valence electrons. The van der Waals surface area contributed by atoms with E-state index in [-0.39, 0.29) is 17.1 Å². The van der Waals surface area contributed by atoms with Gasteiger partial charge in [0.05, 0.1) is 18.2 Å². The smallest absolute Gasteiger partial charge is 0.338 e. The lowest BCUT2D eigenvalue weighted by molar-refractivity contribution is 0.0600. The first-order valence-electron chi connectivity index (χ1n) is 4.40. The Morgan fingerprint density at radius 3 is 2.33 bits per heavy atom. The molecule has 1 rings (SSSR count). The number of esters is 1. The molecule has 4 nitrogen and oxygen atoms in total. The Hall–Kier alpha value is -1.84. The number of phenols is 1. The third-order valence-electron chi connectivity index (χ3n) is 2.13. The fourth-order valence-electron chi connectivity index (χ4n) is 1.30. The number of Topliss-reactive ketones (excluding diaryl/α,β-unsaturated/α-hetero) is 1. The Kier molecular flexibility index (Phi) is 3.09. The summed E-state index contributed by atoms with van der Waals surface area (Å²) in [6.07, 6.45) is 0. The minimum Gasteiger partial charge on any atom is -0.507 e. The molecule has 0 bridgehead atoms. The molecule has 0 saturated heterocycles. The summed E-state index contributed by atoms with van der Waals surface area (Å²) in [6, 6.07) is 2.72. The van der Waals surface area contributed by atoms with Crippen molar-refractivity contribution in [3.05, 3.63) is 28.8 Å². The molecule has 0 aliphatic heterocycles.